The molecule has 0 saturated carbocycles. The lowest BCUT2D eigenvalue weighted by molar-refractivity contribution is 0.0963. The number of carbonyl (C=O) groups is 1. The van der Waals surface area contributed by atoms with Crippen LogP contribution in [-0.2, 0) is 6.54 Å². The van der Waals surface area contributed by atoms with Crippen molar-refractivity contribution in [3.05, 3.63) is 64.5 Å². The van der Waals surface area contributed by atoms with Gasteiger partial charge < -0.3 is 10.6 Å². The zero-order valence-corrected chi connectivity index (χ0v) is 12.5. The fourth-order valence-corrected chi connectivity index (χ4v) is 2.13. The first-order valence-corrected chi connectivity index (χ1v) is 6.83. The topological polar surface area (TPSA) is 41.1 Å². The molecule has 21 heavy (non-hydrogen) atoms. The zero-order valence-electron chi connectivity index (χ0n) is 12.5. The number of anilines is 1. The molecule has 0 saturated heterocycles. The van der Waals surface area contributed by atoms with E-state index in [1.54, 1.807) is 25.2 Å². The summed E-state index contributed by atoms with van der Waals surface area (Å²) in [5.41, 5.74) is 4.05. The normalized spacial score (nSPS) is 10.3. The molecular formula is C17H19FN2O. The van der Waals surface area contributed by atoms with Crippen LogP contribution in [0.15, 0.2) is 36.4 Å². The molecule has 2 aromatic rings. The predicted molar refractivity (Wildman–Crippen MR) is 83.0 cm³/mol. The Hall–Kier alpha value is -2.36. The minimum atomic E-state index is -0.229. The van der Waals surface area contributed by atoms with Gasteiger partial charge in [0, 0.05) is 30.4 Å². The predicted octanol–water partition coefficient (Wildman–Crippen LogP) is 3.41. The van der Waals surface area contributed by atoms with Gasteiger partial charge in [0.2, 0.25) is 0 Å². The molecule has 0 heterocycles. The van der Waals surface area contributed by atoms with E-state index in [1.165, 1.54) is 6.07 Å². The van der Waals surface area contributed by atoms with E-state index in [0.29, 0.717) is 17.7 Å². The highest BCUT2D eigenvalue weighted by atomic mass is 19.1. The van der Waals surface area contributed by atoms with Crippen LogP contribution in [0.3, 0.4) is 0 Å². The third-order valence-corrected chi connectivity index (χ3v) is 3.40. The molecule has 0 fully saturated rings. The Bertz CT molecular complexity index is 668. The van der Waals surface area contributed by atoms with Crippen LogP contribution in [0, 0.1) is 19.7 Å². The molecule has 2 N–H and O–H groups in total. The number of benzene rings is 2. The van der Waals surface area contributed by atoms with Crippen LogP contribution in [0.2, 0.25) is 0 Å². The van der Waals surface area contributed by atoms with Gasteiger partial charge in [-0.3, -0.25) is 4.79 Å². The fraction of sp³-hybridized carbons (Fsp3) is 0.235. The summed E-state index contributed by atoms with van der Waals surface area (Å²) in [5.74, 6) is -0.368. The molecule has 0 atom stereocenters. The molecule has 1 amide bonds. The minimum absolute atomic E-state index is 0.139. The van der Waals surface area contributed by atoms with Crippen molar-refractivity contribution in [3.63, 3.8) is 0 Å². The highest BCUT2D eigenvalue weighted by Crippen LogP contribution is 2.19. The smallest absolute Gasteiger partial charge is 0.251 e. The number of nitrogens with one attached hydrogen (secondary N) is 2. The van der Waals surface area contributed by atoms with Crippen LogP contribution in [0.5, 0.6) is 0 Å². The number of halogens is 1. The summed E-state index contributed by atoms with van der Waals surface area (Å²) < 4.78 is 13.7. The number of hydrogen-bond donors (Lipinski definition) is 2. The van der Waals surface area contributed by atoms with E-state index in [9.17, 15) is 9.18 Å². The Morgan fingerprint density at radius 3 is 2.62 bits per heavy atom. The number of rotatable bonds is 4. The quantitative estimate of drug-likeness (QED) is 0.904. The van der Waals surface area contributed by atoms with E-state index >= 15 is 0 Å². The number of aryl methyl sites for hydroxylation is 2. The summed E-state index contributed by atoms with van der Waals surface area (Å²) in [4.78, 5) is 11.7. The second kappa shape index (κ2) is 6.39. The van der Waals surface area contributed by atoms with Crippen LogP contribution in [0.1, 0.15) is 27.0 Å². The third-order valence-electron chi connectivity index (χ3n) is 3.40. The maximum Gasteiger partial charge on any atom is 0.251 e. The highest BCUT2D eigenvalue weighted by Gasteiger charge is 2.07. The van der Waals surface area contributed by atoms with Crippen molar-refractivity contribution in [2.75, 3.05) is 12.4 Å². The maximum absolute atomic E-state index is 13.7. The molecule has 0 aromatic heterocycles. The van der Waals surface area contributed by atoms with Crippen molar-refractivity contribution < 1.29 is 9.18 Å². The molecular weight excluding hydrogens is 267 g/mol. The van der Waals surface area contributed by atoms with E-state index in [1.807, 2.05) is 26.0 Å². The van der Waals surface area contributed by atoms with Gasteiger partial charge in [0.25, 0.3) is 5.91 Å². The average Bonchev–Trinajstić information content (AvgIpc) is 2.48. The van der Waals surface area contributed by atoms with Crippen LogP contribution < -0.4 is 10.6 Å². The maximum atomic E-state index is 13.7. The molecule has 0 aliphatic rings. The fourth-order valence-electron chi connectivity index (χ4n) is 2.13. The second-order valence-corrected chi connectivity index (χ2v) is 5.06. The van der Waals surface area contributed by atoms with E-state index in [0.717, 1.165) is 16.8 Å². The van der Waals surface area contributed by atoms with Gasteiger partial charge in [0.15, 0.2) is 0 Å². The highest BCUT2D eigenvalue weighted by molar-refractivity contribution is 5.95. The second-order valence-electron chi connectivity index (χ2n) is 5.06. The van der Waals surface area contributed by atoms with Crippen LogP contribution in [0.4, 0.5) is 10.1 Å². The Balaban J connectivity index is 2.19. The lowest BCUT2D eigenvalue weighted by atomic mass is 10.1. The zero-order chi connectivity index (χ0) is 15.4. The van der Waals surface area contributed by atoms with Gasteiger partial charge >= 0.3 is 0 Å². The van der Waals surface area contributed by atoms with E-state index in [2.05, 4.69) is 10.6 Å². The van der Waals surface area contributed by atoms with Gasteiger partial charge in [-0.25, -0.2) is 4.39 Å². The molecule has 0 unspecified atom stereocenters. The molecule has 110 valence electrons. The van der Waals surface area contributed by atoms with Gasteiger partial charge in [-0.1, -0.05) is 23.8 Å². The molecule has 0 spiro atoms. The third kappa shape index (κ3) is 3.60. The molecule has 2 rings (SSSR count). The summed E-state index contributed by atoms with van der Waals surface area (Å²) >= 11 is 0. The van der Waals surface area contributed by atoms with Gasteiger partial charge in [0.1, 0.15) is 5.82 Å². The lowest BCUT2D eigenvalue weighted by Crippen LogP contribution is -2.18. The standard InChI is InChI=1S/C17H19FN2O/c1-11-4-7-15(18)14(8-11)10-20-16-9-13(17(21)19-3)6-5-12(16)2/h4-9,20H,10H2,1-3H3,(H,19,21). The van der Waals surface area contributed by atoms with Gasteiger partial charge in [-0.2, -0.15) is 0 Å². The number of amides is 1. The summed E-state index contributed by atoms with van der Waals surface area (Å²) in [6, 6.07) is 10.5. The van der Waals surface area contributed by atoms with Gasteiger partial charge in [-0.15, -0.1) is 0 Å². The molecule has 0 aliphatic carbocycles. The minimum Gasteiger partial charge on any atom is -0.381 e. The summed E-state index contributed by atoms with van der Waals surface area (Å²) in [5, 5.41) is 5.79. The monoisotopic (exact) mass is 286 g/mol. The molecule has 0 radical (unpaired) electrons. The number of carbonyl (C=O) groups excluding carboxylic acids is 1. The van der Waals surface area contributed by atoms with E-state index < -0.39 is 0 Å². The molecule has 2 aromatic carbocycles. The molecule has 0 aliphatic heterocycles. The summed E-state index contributed by atoms with van der Waals surface area (Å²) in [7, 11) is 1.59. The summed E-state index contributed by atoms with van der Waals surface area (Å²) in [6.45, 7) is 4.26. The first kappa shape index (κ1) is 15.0. The Morgan fingerprint density at radius 1 is 1.14 bits per heavy atom. The van der Waals surface area contributed by atoms with Crippen molar-refractivity contribution in [1.29, 1.82) is 0 Å². The largest absolute Gasteiger partial charge is 0.381 e. The first-order chi connectivity index (χ1) is 10.0. The molecule has 0 bridgehead atoms. The van der Waals surface area contributed by atoms with Crippen LogP contribution in [-0.4, -0.2) is 13.0 Å². The Labute approximate surface area is 124 Å². The van der Waals surface area contributed by atoms with E-state index in [-0.39, 0.29) is 11.7 Å². The van der Waals surface area contributed by atoms with Gasteiger partial charge in [-0.05, 0) is 37.6 Å². The van der Waals surface area contributed by atoms with Crippen LogP contribution >= 0.6 is 0 Å². The van der Waals surface area contributed by atoms with Crippen molar-refractivity contribution in [2.45, 2.75) is 20.4 Å². The summed E-state index contributed by atoms with van der Waals surface area (Å²) in [6.07, 6.45) is 0. The average molecular weight is 286 g/mol. The van der Waals surface area contributed by atoms with E-state index in [4.69, 9.17) is 0 Å². The first-order valence-electron chi connectivity index (χ1n) is 6.83. The Kier molecular flexibility index (Phi) is 4.58. The SMILES string of the molecule is CNC(=O)c1ccc(C)c(NCc2cc(C)ccc2F)c1. The van der Waals surface area contributed by atoms with Crippen LogP contribution in [0.25, 0.3) is 0 Å². The van der Waals surface area contributed by atoms with Crippen molar-refractivity contribution >= 4 is 11.6 Å². The lowest BCUT2D eigenvalue weighted by Gasteiger charge is -2.12. The van der Waals surface area contributed by atoms with Gasteiger partial charge in [0.05, 0.1) is 0 Å². The molecule has 4 heteroatoms. The van der Waals surface area contributed by atoms with Crippen molar-refractivity contribution in [1.82, 2.24) is 5.32 Å². The van der Waals surface area contributed by atoms with Crippen molar-refractivity contribution in [3.8, 4) is 0 Å². The van der Waals surface area contributed by atoms with Crippen molar-refractivity contribution in [2.24, 2.45) is 0 Å². The molecule has 3 nitrogen and oxygen atoms in total. The number of hydrogen-bond acceptors (Lipinski definition) is 2. The Morgan fingerprint density at radius 2 is 1.90 bits per heavy atom.